The normalized spacial score (nSPS) is 12.5. The van der Waals surface area contributed by atoms with Gasteiger partial charge in [-0.3, -0.25) is 4.79 Å². The van der Waals surface area contributed by atoms with E-state index in [1.165, 1.54) is 14.0 Å². The molecule has 2 aromatic carbocycles. The van der Waals surface area contributed by atoms with Crippen LogP contribution in [-0.2, 0) is 4.79 Å². The summed E-state index contributed by atoms with van der Waals surface area (Å²) in [5.41, 5.74) is 1.89. The molecule has 1 unspecified atom stereocenters. The van der Waals surface area contributed by atoms with Crippen LogP contribution in [0.1, 0.15) is 6.92 Å². The van der Waals surface area contributed by atoms with E-state index in [4.69, 9.17) is 9.15 Å². The second-order valence-corrected chi connectivity index (χ2v) is 4.81. The number of carbonyl (C=O) groups is 1. The Morgan fingerprint density at radius 1 is 1.24 bits per heavy atom. The quantitative estimate of drug-likeness (QED) is 0.776. The summed E-state index contributed by atoms with van der Waals surface area (Å²) in [5.74, 6) is 0.0202. The zero-order chi connectivity index (χ0) is 15.0. The Morgan fingerprint density at radius 2 is 2.00 bits per heavy atom. The molecule has 1 atom stereocenters. The Kier molecular flexibility index (Phi) is 3.27. The van der Waals surface area contributed by atoms with Crippen LogP contribution in [0.5, 0.6) is 5.75 Å². The number of rotatable bonds is 3. The molecular formula is C16H15NO4. The molecule has 1 amide bonds. The third-order valence-electron chi connectivity index (χ3n) is 3.34. The molecule has 21 heavy (non-hydrogen) atoms. The van der Waals surface area contributed by atoms with Crippen molar-refractivity contribution in [2.45, 2.75) is 13.0 Å². The first-order chi connectivity index (χ1) is 10.1. The lowest BCUT2D eigenvalue weighted by molar-refractivity contribution is -0.123. The molecule has 1 heterocycles. The highest BCUT2D eigenvalue weighted by molar-refractivity contribution is 6.08. The van der Waals surface area contributed by atoms with E-state index < -0.39 is 12.0 Å². The number of furan rings is 1. The van der Waals surface area contributed by atoms with Gasteiger partial charge in [0, 0.05) is 16.8 Å². The van der Waals surface area contributed by atoms with Crippen molar-refractivity contribution in [3.05, 3.63) is 36.4 Å². The van der Waals surface area contributed by atoms with Crippen molar-refractivity contribution >= 4 is 33.5 Å². The maximum atomic E-state index is 11.6. The van der Waals surface area contributed by atoms with Crippen molar-refractivity contribution < 1.29 is 19.1 Å². The molecule has 5 nitrogen and oxygen atoms in total. The van der Waals surface area contributed by atoms with Gasteiger partial charge in [0.2, 0.25) is 0 Å². The van der Waals surface area contributed by atoms with Gasteiger partial charge in [0.25, 0.3) is 5.91 Å². The fourth-order valence-corrected chi connectivity index (χ4v) is 2.26. The molecule has 2 N–H and O–H groups in total. The van der Waals surface area contributed by atoms with Crippen molar-refractivity contribution in [2.75, 3.05) is 12.4 Å². The summed E-state index contributed by atoms with van der Waals surface area (Å²) in [6.45, 7) is 1.40. The Bertz CT molecular complexity index is 820. The van der Waals surface area contributed by atoms with E-state index in [1.807, 2.05) is 30.3 Å². The van der Waals surface area contributed by atoms with Gasteiger partial charge in [0.1, 0.15) is 23.0 Å². The maximum Gasteiger partial charge on any atom is 0.253 e. The minimum atomic E-state index is -1.10. The number of benzene rings is 2. The molecule has 0 radical (unpaired) electrons. The largest absolute Gasteiger partial charge is 0.495 e. The van der Waals surface area contributed by atoms with E-state index in [0.717, 1.165) is 16.4 Å². The zero-order valence-electron chi connectivity index (χ0n) is 11.7. The molecule has 0 aliphatic carbocycles. The van der Waals surface area contributed by atoms with Crippen LogP contribution in [0.4, 0.5) is 5.69 Å². The van der Waals surface area contributed by atoms with E-state index in [1.54, 1.807) is 6.07 Å². The molecule has 108 valence electrons. The topological polar surface area (TPSA) is 71.7 Å². The molecule has 0 bridgehead atoms. The second kappa shape index (κ2) is 5.10. The lowest BCUT2D eigenvalue weighted by atomic mass is 10.1. The van der Waals surface area contributed by atoms with Crippen molar-refractivity contribution in [3.8, 4) is 5.75 Å². The summed E-state index contributed by atoms with van der Waals surface area (Å²) in [7, 11) is 1.53. The number of aliphatic hydroxyl groups is 1. The van der Waals surface area contributed by atoms with Gasteiger partial charge in [-0.25, -0.2) is 0 Å². The smallest absolute Gasteiger partial charge is 0.253 e. The highest BCUT2D eigenvalue weighted by Crippen LogP contribution is 2.36. The summed E-state index contributed by atoms with van der Waals surface area (Å²) >= 11 is 0. The van der Waals surface area contributed by atoms with E-state index >= 15 is 0 Å². The van der Waals surface area contributed by atoms with Crippen LogP contribution in [-0.4, -0.2) is 24.2 Å². The number of aliphatic hydroxyl groups excluding tert-OH is 1. The number of para-hydroxylation sites is 1. The summed E-state index contributed by atoms with van der Waals surface area (Å²) < 4.78 is 11.1. The van der Waals surface area contributed by atoms with Crippen molar-refractivity contribution in [1.29, 1.82) is 0 Å². The molecule has 0 aliphatic heterocycles. The van der Waals surface area contributed by atoms with Gasteiger partial charge in [0.05, 0.1) is 12.8 Å². The summed E-state index contributed by atoms with van der Waals surface area (Å²) in [6.07, 6.45) is -1.10. The first kappa shape index (κ1) is 13.5. The average Bonchev–Trinajstić information content (AvgIpc) is 2.83. The van der Waals surface area contributed by atoms with Gasteiger partial charge in [-0.2, -0.15) is 0 Å². The molecule has 5 heteroatoms. The molecule has 3 aromatic rings. The lowest BCUT2D eigenvalue weighted by Gasteiger charge is -2.11. The number of carbonyl (C=O) groups excluding carboxylic acids is 1. The summed E-state index contributed by atoms with van der Waals surface area (Å²) in [4.78, 5) is 11.6. The van der Waals surface area contributed by atoms with Crippen LogP contribution < -0.4 is 10.1 Å². The Hall–Kier alpha value is -2.53. The van der Waals surface area contributed by atoms with E-state index in [-0.39, 0.29) is 0 Å². The SMILES string of the molecule is COc1cc2c(cc1NC(=O)C(C)O)oc1ccccc12. The minimum Gasteiger partial charge on any atom is -0.495 e. The van der Waals surface area contributed by atoms with Crippen LogP contribution in [0.25, 0.3) is 21.9 Å². The van der Waals surface area contributed by atoms with Gasteiger partial charge in [-0.05, 0) is 19.1 Å². The van der Waals surface area contributed by atoms with Gasteiger partial charge >= 0.3 is 0 Å². The predicted molar refractivity (Wildman–Crippen MR) is 80.6 cm³/mol. The molecule has 0 saturated carbocycles. The number of methoxy groups -OCH3 is 1. The first-order valence-corrected chi connectivity index (χ1v) is 6.58. The fourth-order valence-electron chi connectivity index (χ4n) is 2.26. The number of ether oxygens (including phenoxy) is 1. The van der Waals surface area contributed by atoms with Crippen LogP contribution in [0, 0.1) is 0 Å². The lowest BCUT2D eigenvalue weighted by Crippen LogP contribution is -2.24. The Labute approximate surface area is 121 Å². The standard InChI is InChI=1S/C16H15NO4/c1-9(18)16(19)17-12-8-14-11(7-15(12)20-2)10-5-3-4-6-13(10)21-14/h3-9,18H,1-2H3,(H,17,19). The van der Waals surface area contributed by atoms with Crippen molar-refractivity contribution in [1.82, 2.24) is 0 Å². The van der Waals surface area contributed by atoms with Crippen LogP contribution in [0.2, 0.25) is 0 Å². The van der Waals surface area contributed by atoms with Gasteiger partial charge in [-0.1, -0.05) is 18.2 Å². The zero-order valence-corrected chi connectivity index (χ0v) is 11.7. The van der Waals surface area contributed by atoms with Crippen molar-refractivity contribution in [3.63, 3.8) is 0 Å². The minimum absolute atomic E-state index is 0.468. The molecule has 3 rings (SSSR count). The van der Waals surface area contributed by atoms with Crippen LogP contribution >= 0.6 is 0 Å². The summed E-state index contributed by atoms with van der Waals surface area (Å²) in [5, 5.41) is 13.8. The number of fused-ring (bicyclic) bond motifs is 3. The second-order valence-electron chi connectivity index (χ2n) is 4.81. The molecule has 0 spiro atoms. The molecule has 0 aliphatic rings. The third kappa shape index (κ3) is 2.32. The highest BCUT2D eigenvalue weighted by atomic mass is 16.5. The number of amides is 1. The van der Waals surface area contributed by atoms with Crippen molar-refractivity contribution in [2.24, 2.45) is 0 Å². The Balaban J connectivity index is 2.17. The van der Waals surface area contributed by atoms with Gasteiger partial charge < -0.3 is 19.6 Å². The molecule has 0 saturated heterocycles. The van der Waals surface area contributed by atoms with E-state index in [9.17, 15) is 9.90 Å². The number of hydrogen-bond donors (Lipinski definition) is 2. The third-order valence-corrected chi connectivity index (χ3v) is 3.34. The monoisotopic (exact) mass is 285 g/mol. The maximum absolute atomic E-state index is 11.6. The number of anilines is 1. The van der Waals surface area contributed by atoms with E-state index in [2.05, 4.69) is 5.32 Å². The Morgan fingerprint density at radius 3 is 2.71 bits per heavy atom. The summed E-state index contributed by atoms with van der Waals surface area (Å²) in [6, 6.07) is 11.2. The van der Waals surface area contributed by atoms with Crippen LogP contribution in [0.15, 0.2) is 40.8 Å². The molecule has 0 fully saturated rings. The number of nitrogens with one attached hydrogen (secondary N) is 1. The number of hydrogen-bond acceptors (Lipinski definition) is 4. The van der Waals surface area contributed by atoms with E-state index in [0.29, 0.717) is 17.0 Å². The highest BCUT2D eigenvalue weighted by Gasteiger charge is 2.15. The first-order valence-electron chi connectivity index (χ1n) is 6.58. The van der Waals surface area contributed by atoms with Gasteiger partial charge in [0.15, 0.2) is 0 Å². The van der Waals surface area contributed by atoms with Crippen LogP contribution in [0.3, 0.4) is 0 Å². The molecular weight excluding hydrogens is 270 g/mol. The molecule has 1 aromatic heterocycles. The van der Waals surface area contributed by atoms with Gasteiger partial charge in [-0.15, -0.1) is 0 Å². The average molecular weight is 285 g/mol. The predicted octanol–water partition coefficient (Wildman–Crippen LogP) is 2.91. The fraction of sp³-hybridized carbons (Fsp3) is 0.188.